The molecule has 2 N–H and O–H groups in total. The molecule has 0 aliphatic heterocycles. The maximum atomic E-state index is 11.7. The Morgan fingerprint density at radius 2 is 2.00 bits per heavy atom. The third kappa shape index (κ3) is 4.97. The van der Waals surface area contributed by atoms with Gasteiger partial charge >= 0.3 is 6.03 Å². The Balaban J connectivity index is 2.84. The lowest BCUT2D eigenvalue weighted by Gasteiger charge is -2.20. The number of urea groups is 1. The van der Waals surface area contributed by atoms with Crippen LogP contribution in [0.5, 0.6) is 0 Å². The molecule has 0 aromatic heterocycles. The van der Waals surface area contributed by atoms with Crippen molar-refractivity contribution in [2.45, 2.75) is 46.1 Å². The lowest BCUT2D eigenvalue weighted by molar-refractivity contribution is 0.250. The normalized spacial score (nSPS) is 12.1. The minimum Gasteiger partial charge on any atom is -0.336 e. The molecular weight excluding hydrogens is 248 g/mol. The van der Waals surface area contributed by atoms with E-state index in [4.69, 9.17) is 6.42 Å². The zero-order chi connectivity index (χ0) is 15.1. The van der Waals surface area contributed by atoms with Gasteiger partial charge in [0.25, 0.3) is 0 Å². The molecule has 0 heterocycles. The fourth-order valence-electron chi connectivity index (χ4n) is 2.14. The van der Waals surface area contributed by atoms with Crippen molar-refractivity contribution in [3.05, 3.63) is 29.8 Å². The second kappa shape index (κ2) is 7.59. The summed E-state index contributed by atoms with van der Waals surface area (Å²) in [4.78, 5) is 11.7. The second-order valence-electron chi connectivity index (χ2n) is 5.64. The van der Waals surface area contributed by atoms with Crippen LogP contribution in [0.2, 0.25) is 0 Å². The number of carbonyl (C=O) groups excluding carboxylic acids is 1. The van der Waals surface area contributed by atoms with Crippen molar-refractivity contribution >= 4 is 11.7 Å². The first kappa shape index (κ1) is 16.1. The van der Waals surface area contributed by atoms with E-state index in [-0.39, 0.29) is 12.1 Å². The number of hydrogen-bond acceptors (Lipinski definition) is 1. The van der Waals surface area contributed by atoms with Crippen molar-refractivity contribution in [2.75, 3.05) is 5.32 Å². The minimum absolute atomic E-state index is 0.114. The summed E-state index contributed by atoms with van der Waals surface area (Å²) < 4.78 is 0. The monoisotopic (exact) mass is 272 g/mol. The average Bonchev–Trinajstić information content (AvgIpc) is 2.34. The molecule has 0 aliphatic carbocycles. The van der Waals surface area contributed by atoms with Gasteiger partial charge in [-0.2, -0.15) is 0 Å². The Morgan fingerprint density at radius 3 is 2.55 bits per heavy atom. The molecule has 108 valence electrons. The molecule has 0 fully saturated rings. The van der Waals surface area contributed by atoms with Gasteiger partial charge in [-0.15, -0.1) is 12.3 Å². The quantitative estimate of drug-likeness (QED) is 0.782. The van der Waals surface area contributed by atoms with Crippen LogP contribution < -0.4 is 10.6 Å². The molecule has 0 saturated carbocycles. The van der Waals surface area contributed by atoms with Crippen molar-refractivity contribution < 1.29 is 4.79 Å². The Bertz CT molecular complexity index is 486. The summed E-state index contributed by atoms with van der Waals surface area (Å²) in [6.07, 6.45) is 6.16. The van der Waals surface area contributed by atoms with Crippen LogP contribution in [0.3, 0.4) is 0 Å². The van der Waals surface area contributed by atoms with Crippen LogP contribution in [0.25, 0.3) is 0 Å². The van der Waals surface area contributed by atoms with Crippen LogP contribution in [-0.4, -0.2) is 12.1 Å². The van der Waals surface area contributed by atoms with E-state index in [0.717, 1.165) is 5.69 Å². The van der Waals surface area contributed by atoms with Crippen molar-refractivity contribution in [1.29, 1.82) is 0 Å². The van der Waals surface area contributed by atoms with Crippen molar-refractivity contribution in [1.82, 2.24) is 5.32 Å². The van der Waals surface area contributed by atoms with Gasteiger partial charge in [-0.05, 0) is 43.4 Å². The predicted molar refractivity (Wildman–Crippen MR) is 84.8 cm³/mol. The molecule has 20 heavy (non-hydrogen) atoms. The maximum absolute atomic E-state index is 11.7. The molecule has 0 aliphatic rings. The van der Waals surface area contributed by atoms with Crippen LogP contribution in [0, 0.1) is 18.3 Å². The molecule has 0 spiro atoms. The van der Waals surface area contributed by atoms with Gasteiger partial charge in [0.05, 0.1) is 0 Å². The molecule has 2 amide bonds. The fraction of sp³-hybridized carbons (Fsp3) is 0.471. The highest BCUT2D eigenvalue weighted by atomic mass is 16.2. The number of rotatable bonds is 5. The Morgan fingerprint density at radius 1 is 1.30 bits per heavy atom. The minimum atomic E-state index is -0.185. The van der Waals surface area contributed by atoms with Crippen molar-refractivity contribution in [3.8, 4) is 12.3 Å². The van der Waals surface area contributed by atoms with Gasteiger partial charge in [0, 0.05) is 18.2 Å². The van der Waals surface area contributed by atoms with Crippen LogP contribution in [0.1, 0.15) is 45.6 Å². The van der Waals surface area contributed by atoms with Crippen LogP contribution in [-0.2, 0) is 0 Å². The van der Waals surface area contributed by atoms with E-state index in [2.05, 4.69) is 36.5 Å². The highest BCUT2D eigenvalue weighted by molar-refractivity contribution is 5.89. The number of benzene rings is 1. The van der Waals surface area contributed by atoms with Gasteiger partial charge in [0.15, 0.2) is 0 Å². The third-order valence-electron chi connectivity index (χ3n) is 3.13. The van der Waals surface area contributed by atoms with Gasteiger partial charge in [-0.25, -0.2) is 4.79 Å². The summed E-state index contributed by atoms with van der Waals surface area (Å²) in [5, 5.41) is 5.65. The highest BCUT2D eigenvalue weighted by Crippen LogP contribution is 2.29. The predicted octanol–water partition coefficient (Wildman–Crippen LogP) is 3.98. The molecule has 1 unspecified atom stereocenters. The van der Waals surface area contributed by atoms with E-state index >= 15 is 0 Å². The average molecular weight is 272 g/mol. The standard InChI is InChI=1S/C17H24N2O/c1-6-8-16(12(2)3)14-9-7-10-15(11-14)19-17(20)18-13(4)5/h1,7,9-13,16H,8H2,2-5H3,(H2,18,19,20). The molecule has 3 nitrogen and oxygen atoms in total. The first-order chi connectivity index (χ1) is 9.43. The summed E-state index contributed by atoms with van der Waals surface area (Å²) in [6.45, 7) is 8.18. The molecule has 0 radical (unpaired) electrons. The SMILES string of the molecule is C#CCC(c1cccc(NC(=O)NC(C)C)c1)C(C)C. The smallest absolute Gasteiger partial charge is 0.319 e. The Hall–Kier alpha value is -1.95. The third-order valence-corrected chi connectivity index (χ3v) is 3.13. The van der Waals surface area contributed by atoms with Gasteiger partial charge < -0.3 is 10.6 Å². The maximum Gasteiger partial charge on any atom is 0.319 e. The van der Waals surface area contributed by atoms with Crippen molar-refractivity contribution in [2.24, 2.45) is 5.92 Å². The zero-order valence-corrected chi connectivity index (χ0v) is 12.7. The van der Waals surface area contributed by atoms with Crippen LogP contribution in [0.15, 0.2) is 24.3 Å². The first-order valence-corrected chi connectivity index (χ1v) is 7.05. The molecule has 0 bridgehead atoms. The molecule has 1 rings (SSSR count). The topological polar surface area (TPSA) is 41.1 Å². The van der Waals surface area contributed by atoms with Gasteiger partial charge in [0.1, 0.15) is 0 Å². The molecule has 1 aromatic carbocycles. The van der Waals surface area contributed by atoms with Gasteiger partial charge in [-0.3, -0.25) is 0 Å². The summed E-state index contributed by atoms with van der Waals surface area (Å²) in [5.74, 6) is 3.51. The number of carbonyl (C=O) groups is 1. The summed E-state index contributed by atoms with van der Waals surface area (Å²) in [7, 11) is 0. The largest absolute Gasteiger partial charge is 0.336 e. The van der Waals surface area contributed by atoms with E-state index in [1.165, 1.54) is 5.56 Å². The molecule has 3 heteroatoms. The molecule has 1 atom stereocenters. The summed E-state index contributed by atoms with van der Waals surface area (Å²) in [6, 6.07) is 7.83. The summed E-state index contributed by atoms with van der Waals surface area (Å²) in [5.41, 5.74) is 1.96. The first-order valence-electron chi connectivity index (χ1n) is 7.05. The fourth-order valence-corrected chi connectivity index (χ4v) is 2.14. The van der Waals surface area contributed by atoms with E-state index in [9.17, 15) is 4.79 Å². The van der Waals surface area contributed by atoms with E-state index in [1.807, 2.05) is 32.0 Å². The number of terminal acetylenes is 1. The van der Waals surface area contributed by atoms with E-state index in [1.54, 1.807) is 0 Å². The molecule has 1 aromatic rings. The number of nitrogens with one attached hydrogen (secondary N) is 2. The zero-order valence-electron chi connectivity index (χ0n) is 12.7. The number of anilines is 1. The lowest BCUT2D eigenvalue weighted by Crippen LogP contribution is -2.34. The Labute approximate surface area is 122 Å². The van der Waals surface area contributed by atoms with Crippen LogP contribution >= 0.6 is 0 Å². The van der Waals surface area contributed by atoms with Crippen LogP contribution in [0.4, 0.5) is 10.5 Å². The van der Waals surface area contributed by atoms with E-state index in [0.29, 0.717) is 18.3 Å². The Kier molecular flexibility index (Phi) is 6.11. The van der Waals surface area contributed by atoms with E-state index < -0.39 is 0 Å². The van der Waals surface area contributed by atoms with Gasteiger partial charge in [0.2, 0.25) is 0 Å². The summed E-state index contributed by atoms with van der Waals surface area (Å²) >= 11 is 0. The highest BCUT2D eigenvalue weighted by Gasteiger charge is 2.15. The molecule has 0 saturated heterocycles. The lowest BCUT2D eigenvalue weighted by atomic mass is 9.86. The molecular formula is C17H24N2O. The van der Waals surface area contributed by atoms with Crippen molar-refractivity contribution in [3.63, 3.8) is 0 Å². The number of hydrogen-bond donors (Lipinski definition) is 2. The second-order valence-corrected chi connectivity index (χ2v) is 5.64. The number of amides is 2. The van der Waals surface area contributed by atoms with Gasteiger partial charge in [-0.1, -0.05) is 26.0 Å².